The fourth-order valence-electron chi connectivity index (χ4n) is 1.64. The highest BCUT2D eigenvalue weighted by molar-refractivity contribution is 9.10. The first-order chi connectivity index (χ1) is 8.90. The fourth-order valence-corrected chi connectivity index (χ4v) is 2.24. The summed E-state index contributed by atoms with van der Waals surface area (Å²) in [6.45, 7) is 0. The van der Waals surface area contributed by atoms with Gasteiger partial charge in [-0.2, -0.15) is 0 Å². The van der Waals surface area contributed by atoms with Crippen molar-refractivity contribution >= 4 is 27.5 Å². The normalized spacial score (nSPS) is 12.5. The zero-order valence-electron chi connectivity index (χ0n) is 9.30. The Labute approximate surface area is 120 Å². The Bertz CT molecular complexity index is 634. The third kappa shape index (κ3) is 2.94. The van der Waals surface area contributed by atoms with E-state index < -0.39 is 23.6 Å². The summed E-state index contributed by atoms with van der Waals surface area (Å²) in [6, 6.07) is 5.63. The average molecular weight is 352 g/mol. The maximum atomic E-state index is 13.6. The third-order valence-corrected chi connectivity index (χ3v) is 3.42. The maximum absolute atomic E-state index is 13.6. The molecule has 2 rings (SSSR count). The van der Waals surface area contributed by atoms with Crippen LogP contribution in [0.1, 0.15) is 17.2 Å². The average Bonchev–Trinajstić information content (AvgIpc) is 2.36. The largest absolute Gasteiger partial charge is 0.383 e. The molecule has 0 amide bonds. The zero-order chi connectivity index (χ0) is 14.2. The SMILES string of the molecule is OC(c1cc(F)c(F)cc1F)c1cc(Br)ccc1Cl. The Kier molecular flexibility index (Phi) is 4.18. The van der Waals surface area contributed by atoms with E-state index in [1.807, 2.05) is 0 Å². The van der Waals surface area contributed by atoms with Crippen LogP contribution in [0.3, 0.4) is 0 Å². The van der Waals surface area contributed by atoms with Gasteiger partial charge in [0.05, 0.1) is 0 Å². The summed E-state index contributed by atoms with van der Waals surface area (Å²) >= 11 is 9.08. The van der Waals surface area contributed by atoms with Crippen LogP contribution in [-0.2, 0) is 0 Å². The van der Waals surface area contributed by atoms with Crippen LogP contribution in [-0.4, -0.2) is 5.11 Å². The molecule has 0 aliphatic rings. The van der Waals surface area contributed by atoms with Gasteiger partial charge in [-0.3, -0.25) is 0 Å². The first-order valence-corrected chi connectivity index (χ1v) is 6.34. The van der Waals surface area contributed by atoms with E-state index in [1.54, 1.807) is 6.07 Å². The minimum Gasteiger partial charge on any atom is -0.383 e. The molecule has 2 aromatic carbocycles. The van der Waals surface area contributed by atoms with Crippen LogP contribution in [0, 0.1) is 17.5 Å². The van der Waals surface area contributed by atoms with Gasteiger partial charge in [0.25, 0.3) is 0 Å². The standard InChI is InChI=1S/C13H7BrClF3O/c14-6-1-2-9(15)7(3-6)13(19)8-4-11(17)12(18)5-10(8)16/h1-5,13,19H. The van der Waals surface area contributed by atoms with Crippen LogP contribution < -0.4 is 0 Å². The van der Waals surface area contributed by atoms with Crippen molar-refractivity contribution in [1.29, 1.82) is 0 Å². The van der Waals surface area contributed by atoms with Crippen molar-refractivity contribution in [3.8, 4) is 0 Å². The molecule has 0 aliphatic heterocycles. The Morgan fingerprint density at radius 1 is 0.947 bits per heavy atom. The van der Waals surface area contributed by atoms with Crippen molar-refractivity contribution in [1.82, 2.24) is 0 Å². The number of benzene rings is 2. The van der Waals surface area contributed by atoms with Crippen molar-refractivity contribution in [2.45, 2.75) is 6.10 Å². The van der Waals surface area contributed by atoms with E-state index in [9.17, 15) is 18.3 Å². The molecule has 0 aliphatic carbocycles. The Balaban J connectivity index is 2.52. The van der Waals surface area contributed by atoms with Crippen molar-refractivity contribution < 1.29 is 18.3 Å². The molecule has 1 atom stereocenters. The summed E-state index contributed by atoms with van der Waals surface area (Å²) in [4.78, 5) is 0. The molecular formula is C13H7BrClF3O. The van der Waals surface area contributed by atoms with E-state index in [-0.39, 0.29) is 16.1 Å². The van der Waals surface area contributed by atoms with Crippen LogP contribution in [0.4, 0.5) is 13.2 Å². The Morgan fingerprint density at radius 3 is 2.26 bits per heavy atom. The van der Waals surface area contributed by atoms with Gasteiger partial charge in [0.15, 0.2) is 11.6 Å². The summed E-state index contributed by atoms with van der Waals surface area (Å²) in [5.41, 5.74) is -0.181. The summed E-state index contributed by atoms with van der Waals surface area (Å²) in [5, 5.41) is 10.3. The van der Waals surface area contributed by atoms with Crippen LogP contribution in [0.2, 0.25) is 5.02 Å². The molecule has 0 bridgehead atoms. The van der Waals surface area contributed by atoms with Gasteiger partial charge in [-0.05, 0) is 24.3 Å². The lowest BCUT2D eigenvalue weighted by Gasteiger charge is -2.14. The molecule has 0 heterocycles. The van der Waals surface area contributed by atoms with E-state index in [1.165, 1.54) is 12.1 Å². The van der Waals surface area contributed by atoms with Gasteiger partial charge >= 0.3 is 0 Å². The second-order valence-corrected chi connectivity index (χ2v) is 5.18. The first kappa shape index (κ1) is 14.4. The Morgan fingerprint density at radius 2 is 1.58 bits per heavy atom. The lowest BCUT2D eigenvalue weighted by atomic mass is 10.0. The van der Waals surface area contributed by atoms with Crippen LogP contribution in [0.15, 0.2) is 34.8 Å². The molecule has 6 heteroatoms. The molecule has 1 N–H and O–H groups in total. The third-order valence-electron chi connectivity index (χ3n) is 2.59. The molecule has 0 saturated heterocycles. The molecule has 2 aromatic rings. The van der Waals surface area contributed by atoms with E-state index in [4.69, 9.17) is 11.6 Å². The number of hydrogen-bond acceptors (Lipinski definition) is 1. The van der Waals surface area contributed by atoms with Gasteiger partial charge in [-0.1, -0.05) is 27.5 Å². The van der Waals surface area contributed by atoms with E-state index >= 15 is 0 Å². The number of rotatable bonds is 2. The highest BCUT2D eigenvalue weighted by Gasteiger charge is 2.20. The smallest absolute Gasteiger partial charge is 0.161 e. The quantitative estimate of drug-likeness (QED) is 0.784. The number of aliphatic hydroxyl groups excluding tert-OH is 1. The van der Waals surface area contributed by atoms with E-state index in [2.05, 4.69) is 15.9 Å². The molecule has 1 unspecified atom stereocenters. The number of aliphatic hydroxyl groups is 1. The van der Waals surface area contributed by atoms with Gasteiger partial charge in [-0.25, -0.2) is 13.2 Å². The summed E-state index contributed by atoms with van der Waals surface area (Å²) in [7, 11) is 0. The summed E-state index contributed by atoms with van der Waals surface area (Å²) < 4.78 is 40.2. The lowest BCUT2D eigenvalue weighted by molar-refractivity contribution is 0.214. The molecule has 0 spiro atoms. The number of hydrogen-bond donors (Lipinski definition) is 1. The van der Waals surface area contributed by atoms with Gasteiger partial charge < -0.3 is 5.11 Å². The monoisotopic (exact) mass is 350 g/mol. The minimum atomic E-state index is -1.49. The lowest BCUT2D eigenvalue weighted by Crippen LogP contribution is -2.05. The number of halogens is 5. The predicted molar refractivity (Wildman–Crippen MR) is 69.5 cm³/mol. The second kappa shape index (κ2) is 5.53. The van der Waals surface area contributed by atoms with Gasteiger partial charge in [0.1, 0.15) is 11.9 Å². The molecule has 19 heavy (non-hydrogen) atoms. The van der Waals surface area contributed by atoms with Gasteiger partial charge in [0.2, 0.25) is 0 Å². The second-order valence-electron chi connectivity index (χ2n) is 3.86. The Hall–Kier alpha value is -1.04. The highest BCUT2D eigenvalue weighted by Crippen LogP contribution is 2.32. The molecular weight excluding hydrogens is 344 g/mol. The van der Waals surface area contributed by atoms with Crippen molar-refractivity contribution in [3.05, 3.63) is 68.4 Å². The molecule has 0 saturated carbocycles. The van der Waals surface area contributed by atoms with Crippen LogP contribution in [0.25, 0.3) is 0 Å². The predicted octanol–water partition coefficient (Wildman–Crippen LogP) is 4.60. The summed E-state index contributed by atoms with van der Waals surface area (Å²) in [6.07, 6.45) is -1.49. The van der Waals surface area contributed by atoms with Crippen LogP contribution >= 0.6 is 27.5 Å². The molecule has 0 fully saturated rings. The molecule has 0 radical (unpaired) electrons. The maximum Gasteiger partial charge on any atom is 0.161 e. The van der Waals surface area contributed by atoms with Crippen LogP contribution in [0.5, 0.6) is 0 Å². The highest BCUT2D eigenvalue weighted by atomic mass is 79.9. The van der Waals surface area contributed by atoms with E-state index in [0.717, 1.165) is 0 Å². The van der Waals surface area contributed by atoms with E-state index in [0.29, 0.717) is 16.6 Å². The fraction of sp³-hybridized carbons (Fsp3) is 0.0769. The molecule has 0 aromatic heterocycles. The van der Waals surface area contributed by atoms with Gasteiger partial charge in [0, 0.05) is 26.7 Å². The molecule has 100 valence electrons. The first-order valence-electron chi connectivity index (χ1n) is 5.17. The molecule has 1 nitrogen and oxygen atoms in total. The summed E-state index contributed by atoms with van der Waals surface area (Å²) in [5.74, 6) is -3.59. The van der Waals surface area contributed by atoms with Crippen molar-refractivity contribution in [2.24, 2.45) is 0 Å². The van der Waals surface area contributed by atoms with Crippen molar-refractivity contribution in [3.63, 3.8) is 0 Å². The minimum absolute atomic E-state index is 0.194. The zero-order valence-corrected chi connectivity index (χ0v) is 11.6. The van der Waals surface area contributed by atoms with Crippen molar-refractivity contribution in [2.75, 3.05) is 0 Å². The van der Waals surface area contributed by atoms with Gasteiger partial charge in [-0.15, -0.1) is 0 Å². The topological polar surface area (TPSA) is 20.2 Å².